The minimum atomic E-state index is 0.869. The summed E-state index contributed by atoms with van der Waals surface area (Å²) in [6.07, 6.45) is 8.21. The summed E-state index contributed by atoms with van der Waals surface area (Å²) in [5.41, 5.74) is 12.3. The quantitative estimate of drug-likeness (QED) is 0.145. The molecule has 9 aromatic carbocycles. The van der Waals surface area contributed by atoms with E-state index in [0.717, 1.165) is 88.6 Å². The molecule has 0 fully saturated rings. The molecule has 59 heavy (non-hydrogen) atoms. The molecule has 11 aromatic rings. The number of furan rings is 2. The molecule has 11 rings (SSSR count). The van der Waals surface area contributed by atoms with Crippen molar-refractivity contribution in [3.05, 3.63) is 224 Å². The number of anilines is 2. The molecule has 0 saturated heterocycles. The van der Waals surface area contributed by atoms with Crippen LogP contribution in [0.15, 0.2) is 227 Å². The first-order valence-corrected chi connectivity index (χ1v) is 19.9. The molecule has 2 aromatic heterocycles. The van der Waals surface area contributed by atoms with Gasteiger partial charge in [0.25, 0.3) is 0 Å². The molecular weight excluding hydrogens is 719 g/mol. The predicted molar refractivity (Wildman–Crippen MR) is 249 cm³/mol. The summed E-state index contributed by atoms with van der Waals surface area (Å²) < 4.78 is 12.6. The maximum Gasteiger partial charge on any atom is 0.143 e. The van der Waals surface area contributed by atoms with Gasteiger partial charge in [-0.1, -0.05) is 146 Å². The van der Waals surface area contributed by atoms with Gasteiger partial charge in [-0.25, -0.2) is 0 Å². The molecule has 3 heteroatoms. The highest BCUT2D eigenvalue weighted by Crippen LogP contribution is 2.40. The molecule has 0 aliphatic carbocycles. The van der Waals surface area contributed by atoms with Crippen molar-refractivity contribution in [1.29, 1.82) is 0 Å². The zero-order valence-corrected chi connectivity index (χ0v) is 32.2. The van der Waals surface area contributed by atoms with Crippen LogP contribution in [0.5, 0.6) is 0 Å². The van der Waals surface area contributed by atoms with E-state index in [-0.39, 0.29) is 0 Å². The molecule has 0 aliphatic heterocycles. The van der Waals surface area contributed by atoms with Gasteiger partial charge >= 0.3 is 0 Å². The zero-order valence-electron chi connectivity index (χ0n) is 32.2. The fourth-order valence-corrected chi connectivity index (χ4v) is 8.58. The van der Waals surface area contributed by atoms with Crippen molar-refractivity contribution < 1.29 is 8.83 Å². The van der Waals surface area contributed by atoms with Gasteiger partial charge < -0.3 is 13.7 Å². The molecule has 0 spiro atoms. The van der Waals surface area contributed by atoms with Crippen LogP contribution in [0.2, 0.25) is 0 Å². The Morgan fingerprint density at radius 2 is 1.12 bits per heavy atom. The number of allylic oxidation sites excluding steroid dienone is 3. The first kappa shape index (κ1) is 34.4. The molecule has 0 atom stereocenters. The van der Waals surface area contributed by atoms with Crippen LogP contribution in [0.1, 0.15) is 5.56 Å². The molecule has 2 heterocycles. The van der Waals surface area contributed by atoms with Crippen molar-refractivity contribution in [2.75, 3.05) is 4.90 Å². The average molecular weight is 756 g/mol. The number of para-hydroxylation sites is 1. The smallest absolute Gasteiger partial charge is 0.143 e. The van der Waals surface area contributed by atoms with Gasteiger partial charge in [-0.05, 0) is 117 Å². The summed E-state index contributed by atoms with van der Waals surface area (Å²) in [5, 5.41) is 9.15. The number of nitrogens with zero attached hydrogens (tertiary/aromatic N) is 1. The van der Waals surface area contributed by atoms with Gasteiger partial charge in [0, 0.05) is 44.0 Å². The van der Waals surface area contributed by atoms with E-state index in [0.29, 0.717) is 0 Å². The Labute approximate surface area is 341 Å². The molecule has 278 valence electrons. The third-order valence-electron chi connectivity index (χ3n) is 11.4. The molecule has 3 nitrogen and oxygen atoms in total. The van der Waals surface area contributed by atoms with Crippen LogP contribution in [0, 0.1) is 0 Å². The van der Waals surface area contributed by atoms with E-state index in [1.165, 1.54) is 21.7 Å². The zero-order chi connectivity index (χ0) is 39.3. The molecule has 0 unspecified atom stereocenters. The van der Waals surface area contributed by atoms with Crippen LogP contribution in [-0.4, -0.2) is 0 Å². The Morgan fingerprint density at radius 1 is 0.441 bits per heavy atom. The third-order valence-corrected chi connectivity index (χ3v) is 11.4. The van der Waals surface area contributed by atoms with Crippen molar-refractivity contribution in [1.82, 2.24) is 0 Å². The van der Waals surface area contributed by atoms with E-state index < -0.39 is 0 Å². The van der Waals surface area contributed by atoms with Crippen LogP contribution in [0.3, 0.4) is 0 Å². The predicted octanol–water partition coefficient (Wildman–Crippen LogP) is 16.0. The van der Waals surface area contributed by atoms with E-state index in [4.69, 9.17) is 8.83 Å². The number of hydrogen-bond acceptors (Lipinski definition) is 3. The Balaban J connectivity index is 1.07. The Morgan fingerprint density at radius 3 is 1.98 bits per heavy atom. The van der Waals surface area contributed by atoms with Gasteiger partial charge in [0.1, 0.15) is 22.3 Å². The van der Waals surface area contributed by atoms with E-state index >= 15 is 0 Å². The molecule has 0 radical (unpaired) electrons. The number of hydrogen-bond donors (Lipinski definition) is 0. The second-order valence-corrected chi connectivity index (χ2v) is 15.0. The van der Waals surface area contributed by atoms with Gasteiger partial charge in [-0.15, -0.1) is 0 Å². The summed E-state index contributed by atoms with van der Waals surface area (Å²) in [5.74, 6) is 0. The highest BCUT2D eigenvalue weighted by molar-refractivity contribution is 6.15. The summed E-state index contributed by atoms with van der Waals surface area (Å²) in [6.45, 7) is 4.05. The first-order valence-electron chi connectivity index (χ1n) is 19.9. The van der Waals surface area contributed by atoms with Crippen molar-refractivity contribution in [3.8, 4) is 22.3 Å². The van der Waals surface area contributed by atoms with Gasteiger partial charge in [-0.3, -0.25) is 0 Å². The Hall–Kier alpha value is -7.88. The van der Waals surface area contributed by atoms with Crippen LogP contribution in [-0.2, 0) is 0 Å². The summed E-state index contributed by atoms with van der Waals surface area (Å²) in [7, 11) is 0. The number of benzene rings is 9. The summed E-state index contributed by atoms with van der Waals surface area (Å²) in [6, 6.07) is 66.7. The second kappa shape index (κ2) is 14.3. The fraction of sp³-hybridized carbons (Fsp3) is 0. The lowest BCUT2D eigenvalue weighted by atomic mass is 9.97. The third kappa shape index (κ3) is 6.08. The lowest BCUT2D eigenvalue weighted by molar-refractivity contribution is 0.669. The van der Waals surface area contributed by atoms with Crippen molar-refractivity contribution in [3.63, 3.8) is 0 Å². The molecule has 0 aliphatic rings. The summed E-state index contributed by atoms with van der Waals surface area (Å²) >= 11 is 0. The largest absolute Gasteiger partial charge is 0.456 e. The minimum absolute atomic E-state index is 0.869. The van der Waals surface area contributed by atoms with Gasteiger partial charge in [0.2, 0.25) is 0 Å². The van der Waals surface area contributed by atoms with E-state index in [2.05, 4.69) is 200 Å². The first-order chi connectivity index (χ1) is 29.2. The highest BCUT2D eigenvalue weighted by atomic mass is 16.3. The van der Waals surface area contributed by atoms with Crippen molar-refractivity contribution in [2.24, 2.45) is 0 Å². The van der Waals surface area contributed by atoms with Crippen LogP contribution >= 0.6 is 0 Å². The highest BCUT2D eigenvalue weighted by Gasteiger charge is 2.17. The van der Waals surface area contributed by atoms with Crippen LogP contribution < -0.4 is 4.90 Å². The lowest BCUT2D eigenvalue weighted by Gasteiger charge is -2.27. The maximum absolute atomic E-state index is 6.49. The van der Waals surface area contributed by atoms with Crippen molar-refractivity contribution >= 4 is 82.9 Å². The minimum Gasteiger partial charge on any atom is -0.456 e. The van der Waals surface area contributed by atoms with Crippen LogP contribution in [0.25, 0.3) is 93.8 Å². The molecular formula is C56H37NO2. The average Bonchev–Trinajstić information content (AvgIpc) is 3.86. The molecule has 0 N–H and O–H groups in total. The Bertz CT molecular complexity index is 3460. The number of fused-ring (bicyclic) bond motifs is 9. The van der Waals surface area contributed by atoms with E-state index in [1.54, 1.807) is 0 Å². The topological polar surface area (TPSA) is 29.5 Å². The lowest BCUT2D eigenvalue weighted by Crippen LogP contribution is -2.15. The SMILES string of the molecule is C=C/C=C\C(=C\c1ccc2oc3c4ccccc4ccc3c2c1)N(c1ccc(-c2ccc3oc4ccccc4c3c2)cc1)c1cccc(-c2cccc3ccccc23)c1. The van der Waals surface area contributed by atoms with Crippen molar-refractivity contribution in [2.45, 2.75) is 0 Å². The molecule has 0 bridgehead atoms. The van der Waals surface area contributed by atoms with Gasteiger partial charge in [0.15, 0.2) is 0 Å². The summed E-state index contributed by atoms with van der Waals surface area (Å²) in [4.78, 5) is 2.33. The Kier molecular flexibility index (Phi) is 8.30. The van der Waals surface area contributed by atoms with Gasteiger partial charge in [-0.2, -0.15) is 0 Å². The normalized spacial score (nSPS) is 12.2. The molecule has 0 saturated carbocycles. The van der Waals surface area contributed by atoms with E-state index in [9.17, 15) is 0 Å². The monoisotopic (exact) mass is 755 g/mol. The standard InChI is InChI=1S/C56H37NO2/c1-2-3-16-44(33-37-23-31-55-51(34-37)50-30-26-40-13-5-7-19-48(40)56(50)59-55)57(45-17-10-15-42(35-45)47-21-11-14-39-12-4-6-18-46(39)47)43-28-24-38(25-29-43)41-27-32-54-52(36-41)49-20-8-9-22-53(49)58-54/h2-36H,1H2/b16-3-,44-33-. The maximum atomic E-state index is 6.49. The van der Waals surface area contributed by atoms with Gasteiger partial charge in [0.05, 0.1) is 0 Å². The van der Waals surface area contributed by atoms with Crippen LogP contribution in [0.4, 0.5) is 11.4 Å². The fourth-order valence-electron chi connectivity index (χ4n) is 8.58. The number of rotatable bonds is 8. The van der Waals surface area contributed by atoms with E-state index in [1.807, 2.05) is 24.3 Å². The molecule has 0 amide bonds. The second-order valence-electron chi connectivity index (χ2n) is 15.0.